The van der Waals surface area contributed by atoms with Crippen LogP contribution in [0.1, 0.15) is 11.3 Å². The molecule has 134 valence electrons. The molecule has 4 nitrogen and oxygen atoms in total. The van der Waals surface area contributed by atoms with Gasteiger partial charge in [0.2, 0.25) is 5.95 Å². The average molecular weight is 362 g/mol. The third-order valence-electron chi connectivity index (χ3n) is 3.52. The minimum absolute atomic E-state index is 0.0246. The average Bonchev–Trinajstić information content (AvgIpc) is 2.61. The fourth-order valence-corrected chi connectivity index (χ4v) is 2.25. The molecule has 0 saturated carbocycles. The monoisotopic (exact) mass is 362 g/mol. The largest absolute Gasteiger partial charge is 0.366 e. The summed E-state index contributed by atoms with van der Waals surface area (Å²) in [6, 6.07) is 9.49. The zero-order valence-electron chi connectivity index (χ0n) is 13.7. The van der Waals surface area contributed by atoms with Gasteiger partial charge >= 0.3 is 0 Å². The summed E-state index contributed by atoms with van der Waals surface area (Å²) in [7, 11) is 0. The van der Waals surface area contributed by atoms with Gasteiger partial charge in [0.05, 0.1) is 5.69 Å². The molecule has 0 atom stereocenters. The summed E-state index contributed by atoms with van der Waals surface area (Å²) in [6.07, 6.45) is 0. The molecule has 3 aromatic rings. The predicted molar refractivity (Wildman–Crippen MR) is 90.1 cm³/mol. The molecule has 0 radical (unpaired) electrons. The molecule has 0 unspecified atom stereocenters. The zero-order valence-corrected chi connectivity index (χ0v) is 13.7. The summed E-state index contributed by atoms with van der Waals surface area (Å²) in [5.74, 6) is -4.07. The first-order chi connectivity index (χ1) is 12.4. The SMILES string of the molecule is Cc1cc(NCc2ccc(F)cc2)nc(Nc2ccc(F)c(F)c2F)n1. The maximum atomic E-state index is 13.8. The lowest BCUT2D eigenvalue weighted by Crippen LogP contribution is -2.07. The highest BCUT2D eigenvalue weighted by Gasteiger charge is 2.14. The van der Waals surface area contributed by atoms with Crippen LogP contribution >= 0.6 is 0 Å². The number of aromatic nitrogens is 2. The van der Waals surface area contributed by atoms with Gasteiger partial charge in [-0.1, -0.05) is 12.1 Å². The van der Waals surface area contributed by atoms with E-state index in [1.54, 1.807) is 25.1 Å². The first-order valence-electron chi connectivity index (χ1n) is 7.67. The Morgan fingerprint density at radius 3 is 2.35 bits per heavy atom. The summed E-state index contributed by atoms with van der Waals surface area (Å²) in [5, 5.41) is 5.57. The number of hydrogen-bond acceptors (Lipinski definition) is 4. The molecule has 1 heterocycles. The van der Waals surface area contributed by atoms with Crippen molar-refractivity contribution in [2.45, 2.75) is 13.5 Å². The fraction of sp³-hybridized carbons (Fsp3) is 0.111. The van der Waals surface area contributed by atoms with Crippen LogP contribution in [0, 0.1) is 30.2 Å². The van der Waals surface area contributed by atoms with Gasteiger partial charge < -0.3 is 10.6 Å². The van der Waals surface area contributed by atoms with Crippen molar-refractivity contribution in [1.82, 2.24) is 9.97 Å². The molecule has 0 spiro atoms. The summed E-state index contributed by atoms with van der Waals surface area (Å²) in [4.78, 5) is 8.26. The second kappa shape index (κ2) is 7.38. The third-order valence-corrected chi connectivity index (χ3v) is 3.52. The molecule has 0 aliphatic rings. The van der Waals surface area contributed by atoms with E-state index in [1.165, 1.54) is 12.1 Å². The molecule has 8 heteroatoms. The van der Waals surface area contributed by atoms with Crippen molar-refractivity contribution in [1.29, 1.82) is 0 Å². The number of rotatable bonds is 5. The van der Waals surface area contributed by atoms with Crippen molar-refractivity contribution in [3.05, 3.63) is 77.0 Å². The molecule has 3 rings (SSSR count). The Bertz CT molecular complexity index is 929. The van der Waals surface area contributed by atoms with Crippen LogP contribution in [-0.4, -0.2) is 9.97 Å². The number of benzene rings is 2. The summed E-state index contributed by atoms with van der Waals surface area (Å²) in [5.41, 5.74) is 1.13. The molecule has 0 aliphatic heterocycles. The van der Waals surface area contributed by atoms with Gasteiger partial charge in [-0.3, -0.25) is 0 Å². The second-order valence-corrected chi connectivity index (χ2v) is 5.55. The van der Waals surface area contributed by atoms with E-state index >= 15 is 0 Å². The molecule has 0 aliphatic carbocycles. The van der Waals surface area contributed by atoms with Gasteiger partial charge in [0.15, 0.2) is 17.5 Å². The molecule has 0 amide bonds. The Morgan fingerprint density at radius 1 is 0.885 bits per heavy atom. The normalized spacial score (nSPS) is 10.7. The Hall–Kier alpha value is -3.16. The first kappa shape index (κ1) is 17.7. The van der Waals surface area contributed by atoms with Gasteiger partial charge in [0.1, 0.15) is 11.6 Å². The van der Waals surface area contributed by atoms with E-state index < -0.39 is 17.5 Å². The lowest BCUT2D eigenvalue weighted by atomic mass is 10.2. The van der Waals surface area contributed by atoms with E-state index in [0.29, 0.717) is 18.1 Å². The van der Waals surface area contributed by atoms with Crippen molar-refractivity contribution in [3.63, 3.8) is 0 Å². The van der Waals surface area contributed by atoms with Gasteiger partial charge in [-0.25, -0.2) is 22.5 Å². The third kappa shape index (κ3) is 4.08. The van der Waals surface area contributed by atoms with Gasteiger partial charge in [0.25, 0.3) is 0 Å². The number of halogens is 4. The number of nitrogens with zero attached hydrogens (tertiary/aromatic N) is 2. The van der Waals surface area contributed by atoms with Crippen LogP contribution < -0.4 is 10.6 Å². The second-order valence-electron chi connectivity index (χ2n) is 5.55. The molecule has 26 heavy (non-hydrogen) atoms. The molecule has 2 aromatic carbocycles. The number of nitrogens with one attached hydrogen (secondary N) is 2. The van der Waals surface area contributed by atoms with Crippen LogP contribution in [-0.2, 0) is 6.54 Å². The van der Waals surface area contributed by atoms with Crippen LogP contribution in [0.15, 0.2) is 42.5 Å². The first-order valence-corrected chi connectivity index (χ1v) is 7.67. The lowest BCUT2D eigenvalue weighted by molar-refractivity contribution is 0.449. The number of anilines is 3. The summed E-state index contributed by atoms with van der Waals surface area (Å²) >= 11 is 0. The van der Waals surface area contributed by atoms with E-state index in [1.807, 2.05) is 0 Å². The minimum atomic E-state index is -1.57. The Kier molecular flexibility index (Phi) is 5.01. The number of aryl methyl sites for hydroxylation is 1. The predicted octanol–water partition coefficient (Wildman–Crippen LogP) is 4.70. The van der Waals surface area contributed by atoms with E-state index in [9.17, 15) is 17.6 Å². The fourth-order valence-electron chi connectivity index (χ4n) is 2.25. The molecule has 0 bridgehead atoms. The maximum Gasteiger partial charge on any atom is 0.229 e. The van der Waals surface area contributed by atoms with E-state index in [4.69, 9.17) is 0 Å². The number of hydrogen-bond donors (Lipinski definition) is 2. The molecule has 0 saturated heterocycles. The summed E-state index contributed by atoms with van der Waals surface area (Å²) in [6.45, 7) is 2.09. The minimum Gasteiger partial charge on any atom is -0.366 e. The van der Waals surface area contributed by atoms with Crippen molar-refractivity contribution in [2.75, 3.05) is 10.6 Å². The van der Waals surface area contributed by atoms with Gasteiger partial charge in [-0.15, -0.1) is 0 Å². The highest BCUT2D eigenvalue weighted by atomic mass is 19.2. The van der Waals surface area contributed by atoms with E-state index in [2.05, 4.69) is 20.6 Å². The van der Waals surface area contributed by atoms with Crippen LogP contribution in [0.3, 0.4) is 0 Å². The van der Waals surface area contributed by atoms with Gasteiger partial charge in [0, 0.05) is 18.3 Å². The Morgan fingerprint density at radius 2 is 1.62 bits per heavy atom. The Balaban J connectivity index is 1.77. The lowest BCUT2D eigenvalue weighted by Gasteiger charge is -2.11. The van der Waals surface area contributed by atoms with Crippen molar-refractivity contribution >= 4 is 17.5 Å². The van der Waals surface area contributed by atoms with E-state index in [0.717, 1.165) is 17.7 Å². The zero-order chi connectivity index (χ0) is 18.7. The van der Waals surface area contributed by atoms with Crippen molar-refractivity contribution in [2.24, 2.45) is 0 Å². The Labute approximate surface area is 146 Å². The van der Waals surface area contributed by atoms with Crippen LogP contribution in [0.4, 0.5) is 35.0 Å². The standard InChI is InChI=1S/C18H14F4N4/c1-10-8-15(23-9-11-2-4-12(19)5-3-11)26-18(24-10)25-14-7-6-13(20)16(21)17(14)22/h2-8H,9H2,1H3,(H2,23,24,25,26). The molecular formula is C18H14F4N4. The smallest absolute Gasteiger partial charge is 0.229 e. The van der Waals surface area contributed by atoms with Crippen molar-refractivity contribution in [3.8, 4) is 0 Å². The molecule has 0 fully saturated rings. The van der Waals surface area contributed by atoms with E-state index in [-0.39, 0.29) is 17.5 Å². The van der Waals surface area contributed by atoms with Crippen molar-refractivity contribution < 1.29 is 17.6 Å². The van der Waals surface area contributed by atoms with Crippen LogP contribution in [0.2, 0.25) is 0 Å². The quantitative estimate of drug-likeness (QED) is 0.510. The van der Waals surface area contributed by atoms with Gasteiger partial charge in [-0.05, 0) is 36.8 Å². The topological polar surface area (TPSA) is 49.8 Å². The van der Waals surface area contributed by atoms with Gasteiger partial charge in [-0.2, -0.15) is 4.98 Å². The molecule has 2 N–H and O–H groups in total. The summed E-state index contributed by atoms with van der Waals surface area (Å²) < 4.78 is 53.0. The molecular weight excluding hydrogens is 348 g/mol. The van der Waals surface area contributed by atoms with Crippen LogP contribution in [0.5, 0.6) is 0 Å². The maximum absolute atomic E-state index is 13.8. The highest BCUT2D eigenvalue weighted by molar-refractivity contribution is 5.56. The molecule has 1 aromatic heterocycles. The highest BCUT2D eigenvalue weighted by Crippen LogP contribution is 2.23. The van der Waals surface area contributed by atoms with Crippen LogP contribution in [0.25, 0.3) is 0 Å².